The van der Waals surface area contributed by atoms with Crippen molar-refractivity contribution < 1.29 is 0 Å². The van der Waals surface area contributed by atoms with Crippen molar-refractivity contribution >= 4 is 11.0 Å². The Balaban J connectivity index is 3.00. The van der Waals surface area contributed by atoms with Crippen molar-refractivity contribution in [1.29, 1.82) is 0 Å². The van der Waals surface area contributed by atoms with Crippen LogP contribution in [0.1, 0.15) is 0 Å². The molecule has 1 aromatic heterocycles. The van der Waals surface area contributed by atoms with Gasteiger partial charge in [0.15, 0.2) is 5.43 Å². The third-order valence-corrected chi connectivity index (χ3v) is 1.62. The zero-order valence-electron chi connectivity index (χ0n) is 6.13. The van der Waals surface area contributed by atoms with E-state index in [1.165, 1.54) is 12.1 Å². The van der Waals surface area contributed by atoms with Crippen molar-refractivity contribution in [1.82, 2.24) is 9.97 Å². The summed E-state index contributed by atoms with van der Waals surface area (Å²) in [6, 6.07) is 5.98. The number of nitrogens with one attached hydrogen (secondary N) is 2. The second kappa shape index (κ2) is 2.34. The molecule has 0 atom stereocenters. The second-order valence-corrected chi connectivity index (χ2v) is 2.48. The molecule has 0 spiro atoms. The Kier molecular flexibility index (Phi) is 1.33. The quantitative estimate of drug-likeness (QED) is 0.581. The summed E-state index contributed by atoms with van der Waals surface area (Å²) in [6.45, 7) is 0. The number of aromatic nitrogens is 2. The number of imidazole rings is 1. The molecule has 0 saturated heterocycles. The van der Waals surface area contributed by atoms with Gasteiger partial charge in [-0.05, 0) is 24.3 Å². The van der Waals surface area contributed by atoms with Crippen LogP contribution in [0.15, 0.2) is 33.9 Å². The number of fused-ring (bicyclic) bond motifs is 1. The molecule has 0 fully saturated rings. The molecule has 0 unspecified atom stereocenters. The Labute approximate surface area is 66.9 Å². The molecule has 60 valence electrons. The lowest BCUT2D eigenvalue weighted by Crippen LogP contribution is -1.99. The standard InChI is InChI=1S/C8H6N2O2/c11-5-1-3-6-7(4-2-5)10-8(12)9-6/h1-4H,(H2,9,10,12). The fraction of sp³-hybridized carbons (Fsp3) is 0. The van der Waals surface area contributed by atoms with E-state index in [0.29, 0.717) is 11.0 Å². The van der Waals surface area contributed by atoms with Crippen LogP contribution in [0.3, 0.4) is 0 Å². The van der Waals surface area contributed by atoms with Crippen LogP contribution < -0.4 is 11.1 Å². The lowest BCUT2D eigenvalue weighted by Gasteiger charge is -1.73. The van der Waals surface area contributed by atoms with Gasteiger partial charge >= 0.3 is 5.69 Å². The van der Waals surface area contributed by atoms with Gasteiger partial charge < -0.3 is 9.97 Å². The molecule has 0 amide bonds. The number of hydrogen-bond acceptors (Lipinski definition) is 2. The van der Waals surface area contributed by atoms with Crippen molar-refractivity contribution in [3.8, 4) is 0 Å². The Morgan fingerprint density at radius 1 is 0.833 bits per heavy atom. The summed E-state index contributed by atoms with van der Waals surface area (Å²) >= 11 is 0. The first-order chi connectivity index (χ1) is 5.75. The van der Waals surface area contributed by atoms with Gasteiger partial charge in [-0.25, -0.2) is 4.79 Å². The minimum atomic E-state index is -0.261. The van der Waals surface area contributed by atoms with E-state index in [1.54, 1.807) is 12.1 Å². The highest BCUT2D eigenvalue weighted by molar-refractivity contribution is 5.72. The summed E-state index contributed by atoms with van der Waals surface area (Å²) in [5, 5.41) is 0. The summed E-state index contributed by atoms with van der Waals surface area (Å²) in [5.74, 6) is 0. The van der Waals surface area contributed by atoms with Crippen LogP contribution >= 0.6 is 0 Å². The maximum absolute atomic E-state index is 10.9. The number of hydrogen-bond donors (Lipinski definition) is 2. The van der Waals surface area contributed by atoms with Crippen molar-refractivity contribution in [3.63, 3.8) is 0 Å². The molecule has 0 bridgehead atoms. The maximum Gasteiger partial charge on any atom is 0.323 e. The van der Waals surface area contributed by atoms with E-state index in [4.69, 9.17) is 0 Å². The van der Waals surface area contributed by atoms with E-state index >= 15 is 0 Å². The Morgan fingerprint density at radius 3 is 1.83 bits per heavy atom. The van der Waals surface area contributed by atoms with Gasteiger partial charge in [0.05, 0.1) is 11.0 Å². The number of H-pyrrole nitrogens is 2. The molecule has 0 aliphatic rings. The molecule has 4 nitrogen and oxygen atoms in total. The molecule has 0 saturated carbocycles. The fourth-order valence-electron chi connectivity index (χ4n) is 1.06. The fourth-order valence-corrected chi connectivity index (χ4v) is 1.06. The van der Waals surface area contributed by atoms with E-state index in [2.05, 4.69) is 9.97 Å². The molecule has 1 heterocycles. The first kappa shape index (κ1) is 6.84. The van der Waals surface area contributed by atoms with Crippen molar-refractivity contribution in [3.05, 3.63) is 45.0 Å². The van der Waals surface area contributed by atoms with E-state index in [-0.39, 0.29) is 11.1 Å². The van der Waals surface area contributed by atoms with Gasteiger partial charge in [0.1, 0.15) is 0 Å². The molecular formula is C8H6N2O2. The SMILES string of the molecule is O=c1ccc2[nH]c(=O)[nH]c2cc1. The summed E-state index contributed by atoms with van der Waals surface area (Å²) in [5.41, 5.74) is 0.938. The van der Waals surface area contributed by atoms with Gasteiger partial charge in [0, 0.05) is 0 Å². The molecule has 0 aliphatic heterocycles. The van der Waals surface area contributed by atoms with Crippen molar-refractivity contribution in [2.24, 2.45) is 0 Å². The lowest BCUT2D eigenvalue weighted by atomic mass is 10.4. The smallest absolute Gasteiger partial charge is 0.306 e. The number of aromatic amines is 2. The Morgan fingerprint density at radius 2 is 1.33 bits per heavy atom. The minimum Gasteiger partial charge on any atom is -0.306 e. The second-order valence-electron chi connectivity index (χ2n) is 2.48. The lowest BCUT2D eigenvalue weighted by molar-refractivity contribution is 1.21. The van der Waals surface area contributed by atoms with Crippen LogP contribution in [0, 0.1) is 0 Å². The van der Waals surface area contributed by atoms with Gasteiger partial charge in [-0.2, -0.15) is 0 Å². The third-order valence-electron chi connectivity index (χ3n) is 1.62. The maximum atomic E-state index is 10.9. The van der Waals surface area contributed by atoms with Gasteiger partial charge in [0.2, 0.25) is 0 Å². The van der Waals surface area contributed by atoms with Gasteiger partial charge in [-0.1, -0.05) is 0 Å². The minimum absolute atomic E-state index is 0.0829. The first-order valence-electron chi connectivity index (χ1n) is 3.48. The molecule has 2 rings (SSSR count). The van der Waals surface area contributed by atoms with Crippen LogP contribution in [0.5, 0.6) is 0 Å². The van der Waals surface area contributed by atoms with Crippen LogP contribution in [-0.4, -0.2) is 9.97 Å². The van der Waals surface area contributed by atoms with Gasteiger partial charge in [-0.15, -0.1) is 0 Å². The molecular weight excluding hydrogens is 156 g/mol. The van der Waals surface area contributed by atoms with Crippen molar-refractivity contribution in [2.75, 3.05) is 0 Å². The van der Waals surface area contributed by atoms with E-state index < -0.39 is 0 Å². The zero-order valence-corrected chi connectivity index (χ0v) is 6.13. The van der Waals surface area contributed by atoms with Crippen molar-refractivity contribution in [2.45, 2.75) is 0 Å². The first-order valence-corrected chi connectivity index (χ1v) is 3.48. The van der Waals surface area contributed by atoms with Crippen LogP contribution in [0.2, 0.25) is 0 Å². The summed E-state index contributed by atoms with van der Waals surface area (Å²) < 4.78 is 0. The third kappa shape index (κ3) is 1.03. The monoisotopic (exact) mass is 162 g/mol. The largest absolute Gasteiger partial charge is 0.323 e. The van der Waals surface area contributed by atoms with Gasteiger partial charge in [-0.3, -0.25) is 4.79 Å². The molecule has 0 aliphatic carbocycles. The molecule has 1 aromatic carbocycles. The predicted molar refractivity (Wildman–Crippen MR) is 45.2 cm³/mol. The highest BCUT2D eigenvalue weighted by Gasteiger charge is 1.93. The van der Waals surface area contributed by atoms with E-state index in [1.807, 2.05) is 0 Å². The van der Waals surface area contributed by atoms with Gasteiger partial charge in [0.25, 0.3) is 0 Å². The molecule has 0 radical (unpaired) electrons. The highest BCUT2D eigenvalue weighted by Crippen LogP contribution is 2.00. The molecule has 12 heavy (non-hydrogen) atoms. The molecule has 2 aromatic rings. The van der Waals surface area contributed by atoms with E-state index in [0.717, 1.165) is 0 Å². The predicted octanol–water partition coefficient (Wildman–Crippen LogP) is 0.216. The van der Waals surface area contributed by atoms with Crippen LogP contribution in [-0.2, 0) is 0 Å². The van der Waals surface area contributed by atoms with E-state index in [9.17, 15) is 9.59 Å². The highest BCUT2D eigenvalue weighted by atomic mass is 16.1. The van der Waals surface area contributed by atoms with Crippen LogP contribution in [0.4, 0.5) is 0 Å². The normalized spacial score (nSPS) is 10.3. The molecule has 4 heteroatoms. The zero-order chi connectivity index (χ0) is 8.55. The summed E-state index contributed by atoms with van der Waals surface area (Å²) in [7, 11) is 0. The summed E-state index contributed by atoms with van der Waals surface area (Å²) in [6.07, 6.45) is 0. The molecule has 2 N–H and O–H groups in total. The van der Waals surface area contributed by atoms with Crippen LogP contribution in [0.25, 0.3) is 11.0 Å². The number of rotatable bonds is 0. The summed E-state index contributed by atoms with van der Waals surface area (Å²) in [4.78, 5) is 26.8. The average Bonchev–Trinajstić information content (AvgIpc) is 2.31. The topological polar surface area (TPSA) is 65.7 Å². The Bertz CT molecular complexity index is 479. The Hall–Kier alpha value is -1.84. The average molecular weight is 162 g/mol.